The molecule has 1 heterocycles. The van der Waals surface area contributed by atoms with Crippen LogP contribution in [0.3, 0.4) is 0 Å². The van der Waals surface area contributed by atoms with Crippen LogP contribution in [-0.2, 0) is 4.79 Å². The molecule has 0 aliphatic rings. The molecular formula is C15H17N3O. The molecule has 0 bridgehead atoms. The lowest BCUT2D eigenvalue weighted by molar-refractivity contribution is -0.120. The van der Waals surface area contributed by atoms with Crippen molar-refractivity contribution in [2.75, 3.05) is 11.9 Å². The fourth-order valence-electron chi connectivity index (χ4n) is 1.75. The molecule has 0 fully saturated rings. The van der Waals surface area contributed by atoms with Crippen LogP contribution in [0, 0.1) is 0 Å². The first-order valence-corrected chi connectivity index (χ1v) is 6.24. The highest BCUT2D eigenvalue weighted by Crippen LogP contribution is 2.09. The van der Waals surface area contributed by atoms with Crippen LogP contribution < -0.4 is 10.6 Å². The first kappa shape index (κ1) is 13.1. The average Bonchev–Trinajstić information content (AvgIpc) is 2.47. The summed E-state index contributed by atoms with van der Waals surface area (Å²) in [6.07, 6.45) is 3.48. The fourth-order valence-corrected chi connectivity index (χ4v) is 1.75. The summed E-state index contributed by atoms with van der Waals surface area (Å²) >= 11 is 0. The number of carbonyl (C=O) groups excluding carboxylic acids is 1. The van der Waals surface area contributed by atoms with Gasteiger partial charge in [-0.15, -0.1) is 0 Å². The molecule has 2 aromatic rings. The number of amides is 1. The van der Waals surface area contributed by atoms with E-state index in [2.05, 4.69) is 15.6 Å². The number of hydrogen-bond donors (Lipinski definition) is 2. The van der Waals surface area contributed by atoms with Crippen molar-refractivity contribution in [3.05, 3.63) is 60.4 Å². The Labute approximate surface area is 112 Å². The van der Waals surface area contributed by atoms with Crippen molar-refractivity contribution in [2.45, 2.75) is 13.0 Å². The summed E-state index contributed by atoms with van der Waals surface area (Å²) in [7, 11) is 0. The summed E-state index contributed by atoms with van der Waals surface area (Å²) in [6, 6.07) is 13.4. The quantitative estimate of drug-likeness (QED) is 0.862. The number of pyridine rings is 1. The molecule has 0 saturated carbocycles. The van der Waals surface area contributed by atoms with Crippen LogP contribution >= 0.6 is 0 Å². The van der Waals surface area contributed by atoms with Gasteiger partial charge in [0, 0.05) is 18.1 Å². The van der Waals surface area contributed by atoms with E-state index in [-0.39, 0.29) is 18.5 Å². The lowest BCUT2D eigenvalue weighted by atomic mass is 10.1. The zero-order chi connectivity index (χ0) is 13.5. The second kappa shape index (κ2) is 6.54. The van der Waals surface area contributed by atoms with Gasteiger partial charge in [-0.2, -0.15) is 0 Å². The van der Waals surface area contributed by atoms with E-state index < -0.39 is 0 Å². The van der Waals surface area contributed by atoms with Gasteiger partial charge in [-0.3, -0.25) is 9.78 Å². The zero-order valence-corrected chi connectivity index (χ0v) is 10.8. The van der Waals surface area contributed by atoms with E-state index in [9.17, 15) is 4.79 Å². The minimum Gasteiger partial charge on any atom is -0.376 e. The Bertz CT molecular complexity index is 513. The van der Waals surface area contributed by atoms with E-state index in [4.69, 9.17) is 0 Å². The summed E-state index contributed by atoms with van der Waals surface area (Å²) in [6.45, 7) is 2.20. The third-order valence-electron chi connectivity index (χ3n) is 2.79. The average molecular weight is 255 g/mol. The molecule has 0 spiro atoms. The molecule has 4 heteroatoms. The van der Waals surface area contributed by atoms with Crippen molar-refractivity contribution in [1.29, 1.82) is 0 Å². The van der Waals surface area contributed by atoms with Crippen LogP contribution in [0.5, 0.6) is 0 Å². The zero-order valence-electron chi connectivity index (χ0n) is 10.8. The molecule has 0 aliphatic carbocycles. The highest BCUT2D eigenvalue weighted by atomic mass is 16.1. The van der Waals surface area contributed by atoms with Crippen molar-refractivity contribution < 1.29 is 4.79 Å². The Balaban J connectivity index is 1.82. The molecule has 1 amide bonds. The maximum atomic E-state index is 11.8. The first-order chi connectivity index (χ1) is 9.25. The number of carbonyl (C=O) groups is 1. The first-order valence-electron chi connectivity index (χ1n) is 6.24. The molecule has 4 nitrogen and oxygen atoms in total. The van der Waals surface area contributed by atoms with Gasteiger partial charge in [0.15, 0.2) is 0 Å². The summed E-state index contributed by atoms with van der Waals surface area (Å²) in [4.78, 5) is 15.8. The molecule has 1 atom stereocenters. The number of aromatic nitrogens is 1. The van der Waals surface area contributed by atoms with Gasteiger partial charge >= 0.3 is 0 Å². The van der Waals surface area contributed by atoms with Crippen LogP contribution in [0.1, 0.15) is 18.5 Å². The summed E-state index contributed by atoms with van der Waals surface area (Å²) in [5.74, 6) is -0.0415. The lowest BCUT2D eigenvalue weighted by Crippen LogP contribution is -2.32. The van der Waals surface area contributed by atoms with E-state index in [0.717, 1.165) is 11.3 Å². The number of para-hydroxylation sites is 1. The van der Waals surface area contributed by atoms with Gasteiger partial charge in [0.05, 0.1) is 12.6 Å². The van der Waals surface area contributed by atoms with Crippen LogP contribution in [0.4, 0.5) is 5.69 Å². The van der Waals surface area contributed by atoms with Crippen LogP contribution in [0.25, 0.3) is 0 Å². The van der Waals surface area contributed by atoms with Gasteiger partial charge in [0.2, 0.25) is 5.91 Å². The molecule has 98 valence electrons. The molecular weight excluding hydrogens is 238 g/mol. The maximum Gasteiger partial charge on any atom is 0.239 e. The number of anilines is 1. The topological polar surface area (TPSA) is 54.0 Å². The molecule has 19 heavy (non-hydrogen) atoms. The largest absolute Gasteiger partial charge is 0.376 e. The molecule has 1 aromatic heterocycles. The van der Waals surface area contributed by atoms with Crippen molar-refractivity contribution in [3.63, 3.8) is 0 Å². The third kappa shape index (κ3) is 4.10. The molecule has 2 N–H and O–H groups in total. The number of benzene rings is 1. The third-order valence-corrected chi connectivity index (χ3v) is 2.79. The normalized spacial score (nSPS) is 11.6. The minimum absolute atomic E-state index is 0.0415. The second-order valence-corrected chi connectivity index (χ2v) is 4.30. The Morgan fingerprint density at radius 2 is 2.00 bits per heavy atom. The van der Waals surface area contributed by atoms with Gasteiger partial charge in [-0.1, -0.05) is 24.3 Å². The molecule has 1 aromatic carbocycles. The second-order valence-electron chi connectivity index (χ2n) is 4.30. The van der Waals surface area contributed by atoms with E-state index in [1.165, 1.54) is 0 Å². The molecule has 2 rings (SSSR count). The highest BCUT2D eigenvalue weighted by Gasteiger charge is 2.08. The standard InChI is InChI=1S/C15H17N3O/c1-12(13-6-5-9-16-10-13)18-15(19)11-17-14-7-3-2-4-8-14/h2-10,12,17H,11H2,1H3,(H,18,19). The van der Waals surface area contributed by atoms with Crippen molar-refractivity contribution in [1.82, 2.24) is 10.3 Å². The molecule has 1 unspecified atom stereocenters. The number of rotatable bonds is 5. The van der Waals surface area contributed by atoms with Crippen LogP contribution in [0.15, 0.2) is 54.9 Å². The lowest BCUT2D eigenvalue weighted by Gasteiger charge is -2.14. The van der Waals surface area contributed by atoms with Crippen LogP contribution in [0.2, 0.25) is 0 Å². The monoisotopic (exact) mass is 255 g/mol. The number of nitrogens with zero attached hydrogens (tertiary/aromatic N) is 1. The predicted octanol–water partition coefficient (Wildman–Crippen LogP) is 2.37. The number of hydrogen-bond acceptors (Lipinski definition) is 3. The van der Waals surface area contributed by atoms with Gasteiger partial charge in [0.1, 0.15) is 0 Å². The minimum atomic E-state index is -0.0428. The number of nitrogens with one attached hydrogen (secondary N) is 2. The Hall–Kier alpha value is -2.36. The van der Waals surface area contributed by atoms with Gasteiger partial charge in [-0.25, -0.2) is 0 Å². The molecule has 0 aliphatic heterocycles. The van der Waals surface area contributed by atoms with Crippen LogP contribution in [-0.4, -0.2) is 17.4 Å². The highest BCUT2D eigenvalue weighted by molar-refractivity contribution is 5.81. The smallest absolute Gasteiger partial charge is 0.239 e. The fraction of sp³-hybridized carbons (Fsp3) is 0.200. The van der Waals surface area contributed by atoms with Crippen molar-refractivity contribution >= 4 is 11.6 Å². The van der Waals surface area contributed by atoms with E-state index in [1.54, 1.807) is 12.4 Å². The summed E-state index contributed by atoms with van der Waals surface area (Å²) in [5, 5.41) is 6.00. The van der Waals surface area contributed by atoms with Crippen molar-refractivity contribution in [3.8, 4) is 0 Å². The van der Waals surface area contributed by atoms with Gasteiger partial charge in [0.25, 0.3) is 0 Å². The van der Waals surface area contributed by atoms with Crippen molar-refractivity contribution in [2.24, 2.45) is 0 Å². The predicted molar refractivity (Wildman–Crippen MR) is 75.7 cm³/mol. The van der Waals surface area contributed by atoms with E-state index >= 15 is 0 Å². The van der Waals surface area contributed by atoms with Gasteiger partial charge < -0.3 is 10.6 Å². The summed E-state index contributed by atoms with van der Waals surface area (Å²) in [5.41, 5.74) is 1.93. The summed E-state index contributed by atoms with van der Waals surface area (Å²) < 4.78 is 0. The van der Waals surface area contributed by atoms with E-state index in [0.29, 0.717) is 0 Å². The maximum absolute atomic E-state index is 11.8. The Morgan fingerprint density at radius 3 is 2.68 bits per heavy atom. The SMILES string of the molecule is CC(NC(=O)CNc1ccccc1)c1cccnc1. The molecule has 0 radical (unpaired) electrons. The molecule has 0 saturated heterocycles. The Morgan fingerprint density at radius 1 is 1.21 bits per heavy atom. The van der Waals surface area contributed by atoms with E-state index in [1.807, 2.05) is 49.4 Å². The van der Waals surface area contributed by atoms with Gasteiger partial charge in [-0.05, 0) is 30.7 Å². The Kier molecular flexibility index (Phi) is 4.50.